The second-order valence-electron chi connectivity index (χ2n) is 4.67. The van der Waals surface area contributed by atoms with Crippen LogP contribution < -0.4 is 5.73 Å². The van der Waals surface area contributed by atoms with Gasteiger partial charge in [0.1, 0.15) is 5.82 Å². The number of aryl methyl sites for hydroxylation is 1. The van der Waals surface area contributed by atoms with Crippen LogP contribution in [0.25, 0.3) is 11.3 Å². The molecule has 2 rings (SSSR count). The summed E-state index contributed by atoms with van der Waals surface area (Å²) in [7, 11) is 1.90. The normalized spacial score (nSPS) is 13.2. The van der Waals surface area contributed by atoms with Crippen molar-refractivity contribution in [3.05, 3.63) is 24.4 Å². The maximum absolute atomic E-state index is 5.78. The Kier molecular flexibility index (Phi) is 3.28. The van der Waals surface area contributed by atoms with Crippen molar-refractivity contribution in [2.45, 2.75) is 19.8 Å². The molecule has 2 aromatic heterocycles. The Labute approximate surface area is 101 Å². The number of rotatable bonds is 4. The van der Waals surface area contributed by atoms with E-state index in [1.807, 2.05) is 25.6 Å². The van der Waals surface area contributed by atoms with E-state index in [1.165, 1.54) is 0 Å². The lowest BCUT2D eigenvalue weighted by molar-refractivity contribution is 0.487. The average molecular weight is 233 g/mol. The summed E-state index contributed by atoms with van der Waals surface area (Å²) < 4.78 is 1.78. The third-order valence-corrected chi connectivity index (χ3v) is 3.02. The summed E-state index contributed by atoms with van der Waals surface area (Å²) in [5, 5.41) is 4.15. The van der Waals surface area contributed by atoms with Gasteiger partial charge in [-0.1, -0.05) is 13.8 Å². The molecule has 0 amide bonds. The van der Waals surface area contributed by atoms with Gasteiger partial charge < -0.3 is 10.7 Å². The average Bonchev–Trinajstić information content (AvgIpc) is 2.87. The molecule has 0 aliphatic rings. The van der Waals surface area contributed by atoms with Gasteiger partial charge in [0.05, 0.1) is 18.1 Å². The van der Waals surface area contributed by atoms with E-state index in [0.29, 0.717) is 12.5 Å². The van der Waals surface area contributed by atoms with Gasteiger partial charge in [0, 0.05) is 31.3 Å². The quantitative estimate of drug-likeness (QED) is 0.840. The molecule has 92 valence electrons. The highest BCUT2D eigenvalue weighted by Crippen LogP contribution is 2.23. The van der Waals surface area contributed by atoms with Gasteiger partial charge in [-0.15, -0.1) is 0 Å². The molecule has 0 aliphatic carbocycles. The number of nitrogens with two attached hydrogens (primary N) is 1. The fraction of sp³-hybridized carbons (Fsp3) is 0.500. The van der Waals surface area contributed by atoms with Gasteiger partial charge in [-0.2, -0.15) is 5.10 Å². The standard InChI is InChI=1S/C12H19N5/c1-8(2)10(4-13)12-14-6-11(16-12)9-5-15-17(3)7-9/h5-8,10H,4,13H2,1-3H3,(H,14,16). The largest absolute Gasteiger partial charge is 0.342 e. The third-order valence-electron chi connectivity index (χ3n) is 3.02. The van der Waals surface area contributed by atoms with Crippen molar-refractivity contribution in [3.8, 4) is 11.3 Å². The molecule has 1 atom stereocenters. The maximum Gasteiger partial charge on any atom is 0.111 e. The predicted octanol–water partition coefficient (Wildman–Crippen LogP) is 1.51. The van der Waals surface area contributed by atoms with Crippen molar-refractivity contribution in [1.82, 2.24) is 19.7 Å². The number of nitrogens with zero attached hydrogens (tertiary/aromatic N) is 3. The number of imidazole rings is 1. The van der Waals surface area contributed by atoms with Crippen molar-refractivity contribution in [3.63, 3.8) is 0 Å². The van der Waals surface area contributed by atoms with Crippen LogP contribution in [0.1, 0.15) is 25.6 Å². The molecule has 17 heavy (non-hydrogen) atoms. The Bertz CT molecular complexity index is 483. The number of hydrogen-bond acceptors (Lipinski definition) is 3. The van der Waals surface area contributed by atoms with Crippen LogP contribution >= 0.6 is 0 Å². The SMILES string of the molecule is CC(C)C(CN)c1ncc(-c2cnn(C)c2)[nH]1. The number of hydrogen-bond donors (Lipinski definition) is 2. The van der Waals surface area contributed by atoms with Crippen LogP contribution in [0.2, 0.25) is 0 Å². The monoisotopic (exact) mass is 233 g/mol. The minimum atomic E-state index is 0.278. The van der Waals surface area contributed by atoms with E-state index >= 15 is 0 Å². The third kappa shape index (κ3) is 2.39. The summed E-state index contributed by atoms with van der Waals surface area (Å²) >= 11 is 0. The molecule has 0 fully saturated rings. The fourth-order valence-electron chi connectivity index (χ4n) is 1.93. The molecule has 5 nitrogen and oxygen atoms in total. The van der Waals surface area contributed by atoms with Gasteiger partial charge >= 0.3 is 0 Å². The van der Waals surface area contributed by atoms with Crippen LogP contribution in [0.15, 0.2) is 18.6 Å². The first-order valence-corrected chi connectivity index (χ1v) is 5.85. The van der Waals surface area contributed by atoms with Gasteiger partial charge in [-0.05, 0) is 5.92 Å². The molecule has 1 unspecified atom stereocenters. The first-order chi connectivity index (χ1) is 8.11. The Hall–Kier alpha value is -1.62. The number of H-pyrrole nitrogens is 1. The molecule has 3 N–H and O–H groups in total. The molecule has 0 radical (unpaired) electrons. The van der Waals surface area contributed by atoms with E-state index in [2.05, 4.69) is 28.9 Å². The van der Waals surface area contributed by atoms with Gasteiger partial charge in [-0.25, -0.2) is 4.98 Å². The molecule has 2 aromatic rings. The van der Waals surface area contributed by atoms with E-state index in [1.54, 1.807) is 4.68 Å². The Morgan fingerprint density at radius 1 is 1.41 bits per heavy atom. The van der Waals surface area contributed by atoms with Crippen LogP contribution in [-0.4, -0.2) is 26.3 Å². The lowest BCUT2D eigenvalue weighted by Crippen LogP contribution is -2.19. The zero-order valence-corrected chi connectivity index (χ0v) is 10.5. The second kappa shape index (κ2) is 4.71. The fourth-order valence-corrected chi connectivity index (χ4v) is 1.93. The van der Waals surface area contributed by atoms with Gasteiger partial charge in [0.25, 0.3) is 0 Å². The van der Waals surface area contributed by atoms with Gasteiger partial charge in [-0.3, -0.25) is 4.68 Å². The summed E-state index contributed by atoms with van der Waals surface area (Å²) in [6.07, 6.45) is 5.63. The summed E-state index contributed by atoms with van der Waals surface area (Å²) in [6.45, 7) is 4.92. The molecule has 2 heterocycles. The molecular formula is C12H19N5. The lowest BCUT2D eigenvalue weighted by atomic mass is 9.95. The Balaban J connectivity index is 2.26. The summed E-state index contributed by atoms with van der Waals surface area (Å²) in [4.78, 5) is 7.75. The van der Waals surface area contributed by atoms with E-state index in [-0.39, 0.29) is 5.92 Å². The Morgan fingerprint density at radius 2 is 2.18 bits per heavy atom. The van der Waals surface area contributed by atoms with Crippen LogP contribution in [-0.2, 0) is 7.05 Å². The molecule has 0 spiro atoms. The number of aromatic amines is 1. The van der Waals surface area contributed by atoms with Crippen molar-refractivity contribution >= 4 is 0 Å². The first-order valence-electron chi connectivity index (χ1n) is 5.85. The molecule has 0 saturated heterocycles. The Morgan fingerprint density at radius 3 is 2.71 bits per heavy atom. The minimum Gasteiger partial charge on any atom is -0.342 e. The molecule has 0 aliphatic heterocycles. The van der Waals surface area contributed by atoms with Crippen molar-refractivity contribution in [2.24, 2.45) is 18.7 Å². The second-order valence-corrected chi connectivity index (χ2v) is 4.67. The van der Waals surface area contributed by atoms with E-state index in [4.69, 9.17) is 5.73 Å². The molecule has 5 heteroatoms. The lowest BCUT2D eigenvalue weighted by Gasteiger charge is -2.15. The summed E-state index contributed by atoms with van der Waals surface area (Å²) in [5.74, 6) is 1.72. The molecule has 0 bridgehead atoms. The first kappa shape index (κ1) is 11.9. The van der Waals surface area contributed by atoms with Crippen LogP contribution in [0, 0.1) is 5.92 Å². The summed E-state index contributed by atoms with van der Waals surface area (Å²) in [5.41, 5.74) is 7.82. The molecule has 0 saturated carbocycles. The highest BCUT2D eigenvalue weighted by molar-refractivity contribution is 5.56. The van der Waals surface area contributed by atoms with E-state index < -0.39 is 0 Å². The van der Waals surface area contributed by atoms with Crippen LogP contribution in [0.3, 0.4) is 0 Å². The predicted molar refractivity (Wildman–Crippen MR) is 67.4 cm³/mol. The molecule has 0 aromatic carbocycles. The maximum atomic E-state index is 5.78. The van der Waals surface area contributed by atoms with Crippen molar-refractivity contribution in [1.29, 1.82) is 0 Å². The van der Waals surface area contributed by atoms with Gasteiger partial charge in [0.2, 0.25) is 0 Å². The van der Waals surface area contributed by atoms with Crippen molar-refractivity contribution in [2.75, 3.05) is 6.54 Å². The zero-order valence-electron chi connectivity index (χ0n) is 10.5. The topological polar surface area (TPSA) is 72.5 Å². The smallest absolute Gasteiger partial charge is 0.111 e. The number of nitrogens with one attached hydrogen (secondary N) is 1. The zero-order chi connectivity index (χ0) is 12.4. The van der Waals surface area contributed by atoms with Gasteiger partial charge in [0.15, 0.2) is 0 Å². The highest BCUT2D eigenvalue weighted by Gasteiger charge is 2.17. The van der Waals surface area contributed by atoms with Crippen LogP contribution in [0.4, 0.5) is 0 Å². The summed E-state index contributed by atoms with van der Waals surface area (Å²) in [6, 6.07) is 0. The minimum absolute atomic E-state index is 0.278. The van der Waals surface area contributed by atoms with Crippen LogP contribution in [0.5, 0.6) is 0 Å². The highest BCUT2D eigenvalue weighted by atomic mass is 15.2. The van der Waals surface area contributed by atoms with Crippen molar-refractivity contribution < 1.29 is 0 Å². The number of aromatic nitrogens is 4. The van der Waals surface area contributed by atoms with E-state index in [0.717, 1.165) is 17.1 Å². The molecular weight excluding hydrogens is 214 g/mol. The van der Waals surface area contributed by atoms with E-state index in [9.17, 15) is 0 Å².